The maximum Gasteiger partial charge on any atom is 0.243 e. The molecule has 1 heterocycles. The molecule has 0 spiro atoms. The molecule has 0 unspecified atom stereocenters. The van der Waals surface area contributed by atoms with E-state index in [2.05, 4.69) is 41.6 Å². The number of hydrogen-bond donors (Lipinski definition) is 1. The average molecular weight is 363 g/mol. The number of rotatable bonds is 7. The van der Waals surface area contributed by atoms with Crippen LogP contribution in [0, 0.1) is 6.92 Å². The smallest absolute Gasteiger partial charge is 0.243 e. The van der Waals surface area contributed by atoms with E-state index in [0.29, 0.717) is 25.9 Å². The first kappa shape index (κ1) is 18.8. The van der Waals surface area contributed by atoms with Crippen LogP contribution in [0.1, 0.15) is 36.0 Å². The Labute approximate surface area is 160 Å². The molecular weight excluding hydrogens is 338 g/mol. The summed E-state index contributed by atoms with van der Waals surface area (Å²) in [6, 6.07) is 18.1. The second-order valence-corrected chi connectivity index (χ2v) is 6.77. The maximum absolute atomic E-state index is 12.1. The topological polar surface area (TPSA) is 61.8 Å². The fourth-order valence-corrected chi connectivity index (χ4v) is 3.01. The van der Waals surface area contributed by atoms with Gasteiger partial charge in [0.15, 0.2) is 0 Å². The first-order valence-corrected chi connectivity index (χ1v) is 9.37. The van der Waals surface area contributed by atoms with Crippen LogP contribution in [-0.2, 0) is 16.0 Å². The Morgan fingerprint density at radius 3 is 2.56 bits per heavy atom. The quantitative estimate of drug-likeness (QED) is 0.822. The van der Waals surface area contributed by atoms with Gasteiger partial charge in [0.1, 0.15) is 0 Å². The van der Waals surface area contributed by atoms with Gasteiger partial charge in [-0.1, -0.05) is 60.2 Å². The van der Waals surface area contributed by atoms with E-state index in [9.17, 15) is 9.59 Å². The van der Waals surface area contributed by atoms with Crippen molar-refractivity contribution in [1.29, 1.82) is 0 Å². The molecular formula is C22H25N3O2. The number of nitrogens with one attached hydrogen (secondary N) is 1. The van der Waals surface area contributed by atoms with E-state index in [0.717, 1.165) is 17.7 Å². The molecule has 0 aromatic heterocycles. The molecule has 2 aromatic rings. The summed E-state index contributed by atoms with van der Waals surface area (Å²) in [5.41, 5.74) is 4.35. The number of aryl methyl sites for hydroxylation is 1. The lowest BCUT2D eigenvalue weighted by molar-refractivity contribution is -0.132. The molecule has 0 bridgehead atoms. The van der Waals surface area contributed by atoms with E-state index in [4.69, 9.17) is 0 Å². The summed E-state index contributed by atoms with van der Waals surface area (Å²) >= 11 is 0. The van der Waals surface area contributed by atoms with Crippen molar-refractivity contribution in [3.8, 4) is 0 Å². The van der Waals surface area contributed by atoms with E-state index >= 15 is 0 Å². The lowest BCUT2D eigenvalue weighted by atomic mass is 10.0. The maximum atomic E-state index is 12.1. The molecule has 0 radical (unpaired) electrons. The van der Waals surface area contributed by atoms with Crippen molar-refractivity contribution in [2.75, 3.05) is 13.1 Å². The van der Waals surface area contributed by atoms with Gasteiger partial charge in [0.25, 0.3) is 0 Å². The molecule has 0 fully saturated rings. The predicted molar refractivity (Wildman–Crippen MR) is 106 cm³/mol. The Balaban J connectivity index is 1.47. The normalized spacial score (nSPS) is 14.0. The van der Waals surface area contributed by atoms with E-state index in [1.54, 1.807) is 0 Å². The fraction of sp³-hybridized carbons (Fsp3) is 0.318. The van der Waals surface area contributed by atoms with Crippen LogP contribution in [0.25, 0.3) is 0 Å². The fourth-order valence-electron chi connectivity index (χ4n) is 3.01. The molecule has 0 aliphatic carbocycles. The zero-order valence-corrected chi connectivity index (χ0v) is 15.6. The first-order valence-electron chi connectivity index (χ1n) is 9.37. The van der Waals surface area contributed by atoms with Gasteiger partial charge < -0.3 is 5.32 Å². The summed E-state index contributed by atoms with van der Waals surface area (Å²) in [5, 5.41) is 8.82. The average Bonchev–Trinajstić information content (AvgIpc) is 2.69. The minimum absolute atomic E-state index is 0.0258. The number of carbonyl (C=O) groups excluding carboxylic acids is 2. The van der Waals surface area contributed by atoms with Crippen molar-refractivity contribution in [3.05, 3.63) is 71.3 Å². The molecule has 0 saturated heterocycles. The van der Waals surface area contributed by atoms with Crippen LogP contribution >= 0.6 is 0 Å². The minimum Gasteiger partial charge on any atom is -0.356 e. The number of carbonyl (C=O) groups is 2. The van der Waals surface area contributed by atoms with Gasteiger partial charge in [0, 0.05) is 25.8 Å². The molecule has 140 valence electrons. The second kappa shape index (κ2) is 9.12. The molecule has 5 nitrogen and oxygen atoms in total. The summed E-state index contributed by atoms with van der Waals surface area (Å²) in [6.07, 6.45) is 2.13. The SMILES string of the molecule is Cc1ccc(CCNC(=O)CCN2N=C(c3ccccc3)CCC2=O)cc1. The Morgan fingerprint density at radius 1 is 1.07 bits per heavy atom. The van der Waals surface area contributed by atoms with Gasteiger partial charge in [-0.15, -0.1) is 0 Å². The highest BCUT2D eigenvalue weighted by atomic mass is 16.2. The van der Waals surface area contributed by atoms with Crippen LogP contribution in [0.5, 0.6) is 0 Å². The van der Waals surface area contributed by atoms with E-state index in [-0.39, 0.29) is 18.2 Å². The van der Waals surface area contributed by atoms with E-state index < -0.39 is 0 Å². The number of hydrazone groups is 1. The zero-order chi connectivity index (χ0) is 19.1. The Morgan fingerprint density at radius 2 is 1.81 bits per heavy atom. The van der Waals surface area contributed by atoms with Gasteiger partial charge in [0.2, 0.25) is 11.8 Å². The highest BCUT2D eigenvalue weighted by Gasteiger charge is 2.21. The van der Waals surface area contributed by atoms with E-state index in [1.165, 1.54) is 16.1 Å². The van der Waals surface area contributed by atoms with Gasteiger partial charge in [-0.25, -0.2) is 5.01 Å². The standard InChI is InChI=1S/C22H25N3O2/c1-17-7-9-18(10-8-17)13-15-23-21(26)14-16-25-22(27)12-11-20(24-25)19-5-3-2-4-6-19/h2-10H,11-16H2,1H3,(H,23,26). The van der Waals surface area contributed by atoms with Crippen molar-refractivity contribution in [2.24, 2.45) is 5.10 Å². The van der Waals surface area contributed by atoms with Crippen LogP contribution in [0.2, 0.25) is 0 Å². The van der Waals surface area contributed by atoms with Crippen LogP contribution in [0.3, 0.4) is 0 Å². The van der Waals surface area contributed by atoms with Gasteiger partial charge in [-0.05, 0) is 24.5 Å². The van der Waals surface area contributed by atoms with Crippen molar-refractivity contribution >= 4 is 17.5 Å². The molecule has 0 saturated carbocycles. The van der Waals surface area contributed by atoms with Gasteiger partial charge in [0.05, 0.1) is 12.3 Å². The van der Waals surface area contributed by atoms with Gasteiger partial charge in [-0.2, -0.15) is 5.10 Å². The van der Waals surface area contributed by atoms with Gasteiger partial charge >= 0.3 is 0 Å². The summed E-state index contributed by atoms with van der Waals surface area (Å²) < 4.78 is 0. The van der Waals surface area contributed by atoms with Crippen LogP contribution in [-0.4, -0.2) is 35.6 Å². The third-order valence-corrected chi connectivity index (χ3v) is 4.62. The molecule has 1 N–H and O–H groups in total. The van der Waals surface area contributed by atoms with Crippen molar-refractivity contribution in [1.82, 2.24) is 10.3 Å². The van der Waals surface area contributed by atoms with Crippen LogP contribution < -0.4 is 5.32 Å². The molecule has 2 aromatic carbocycles. The van der Waals surface area contributed by atoms with Crippen molar-refractivity contribution in [3.63, 3.8) is 0 Å². The predicted octanol–water partition coefficient (Wildman–Crippen LogP) is 3.07. The molecule has 1 aliphatic heterocycles. The number of hydrogen-bond acceptors (Lipinski definition) is 3. The molecule has 2 amide bonds. The summed E-state index contributed by atoms with van der Waals surface area (Å²) in [5.74, 6) is -0.0842. The highest BCUT2D eigenvalue weighted by Crippen LogP contribution is 2.15. The Bertz CT molecular complexity index is 813. The van der Waals surface area contributed by atoms with Crippen LogP contribution in [0.4, 0.5) is 0 Å². The number of nitrogens with zero attached hydrogens (tertiary/aromatic N) is 2. The minimum atomic E-state index is -0.0584. The first-order chi connectivity index (χ1) is 13.1. The summed E-state index contributed by atoms with van der Waals surface area (Å²) in [7, 11) is 0. The van der Waals surface area contributed by atoms with Crippen molar-refractivity contribution in [2.45, 2.75) is 32.6 Å². The lowest BCUT2D eigenvalue weighted by Gasteiger charge is -2.23. The molecule has 0 atom stereocenters. The summed E-state index contributed by atoms with van der Waals surface area (Å²) in [6.45, 7) is 2.96. The molecule has 1 aliphatic rings. The van der Waals surface area contributed by atoms with Gasteiger partial charge in [-0.3, -0.25) is 9.59 Å². The number of benzene rings is 2. The highest BCUT2D eigenvalue weighted by molar-refractivity contribution is 6.04. The third-order valence-electron chi connectivity index (χ3n) is 4.62. The largest absolute Gasteiger partial charge is 0.356 e. The lowest BCUT2D eigenvalue weighted by Crippen LogP contribution is -2.35. The number of amides is 2. The van der Waals surface area contributed by atoms with E-state index in [1.807, 2.05) is 30.3 Å². The van der Waals surface area contributed by atoms with Crippen LogP contribution in [0.15, 0.2) is 59.7 Å². The van der Waals surface area contributed by atoms with Crippen molar-refractivity contribution < 1.29 is 9.59 Å². The summed E-state index contributed by atoms with van der Waals surface area (Å²) in [4.78, 5) is 24.2. The third kappa shape index (κ3) is 5.51. The second-order valence-electron chi connectivity index (χ2n) is 6.77. The molecule has 27 heavy (non-hydrogen) atoms. The zero-order valence-electron chi connectivity index (χ0n) is 15.6. The monoisotopic (exact) mass is 363 g/mol. The Hall–Kier alpha value is -2.95. The molecule has 3 rings (SSSR count). The Kier molecular flexibility index (Phi) is 6.36. The molecule has 5 heteroatoms.